The van der Waals surface area contributed by atoms with Crippen LogP contribution >= 0.6 is 0 Å². The molecule has 4 rings (SSSR count). The Bertz CT molecular complexity index is 1380. The number of fused-ring (bicyclic) bond motifs is 1. The Morgan fingerprint density at radius 2 is 1.94 bits per heavy atom. The maximum atomic E-state index is 13.5. The maximum Gasteiger partial charge on any atom is 0.254 e. The highest BCUT2D eigenvalue weighted by Gasteiger charge is 2.23. The highest BCUT2D eigenvalue weighted by molar-refractivity contribution is 7.91. The van der Waals surface area contributed by atoms with E-state index in [9.17, 15) is 17.6 Å². The first-order valence-corrected chi connectivity index (χ1v) is 11.2. The summed E-state index contributed by atoms with van der Waals surface area (Å²) in [6, 6.07) is 9.41. The van der Waals surface area contributed by atoms with E-state index in [1.165, 1.54) is 24.4 Å². The van der Waals surface area contributed by atoms with Crippen molar-refractivity contribution in [3.8, 4) is 5.75 Å². The number of nitrogens with zero attached hydrogens (tertiary/aromatic N) is 3. The second-order valence-corrected chi connectivity index (χ2v) is 8.75. The number of ether oxygens (including phenoxy) is 1. The van der Waals surface area contributed by atoms with Crippen LogP contribution in [0.5, 0.6) is 5.75 Å². The molecule has 4 aromatic rings. The van der Waals surface area contributed by atoms with Crippen LogP contribution in [-0.2, 0) is 16.4 Å². The molecule has 0 aliphatic heterocycles. The third-order valence-electron chi connectivity index (χ3n) is 4.69. The van der Waals surface area contributed by atoms with Gasteiger partial charge in [0.05, 0.1) is 17.1 Å². The molecule has 0 radical (unpaired) electrons. The molecule has 2 heterocycles. The van der Waals surface area contributed by atoms with E-state index >= 15 is 0 Å². The van der Waals surface area contributed by atoms with Gasteiger partial charge in [-0.25, -0.2) is 22.8 Å². The van der Waals surface area contributed by atoms with Crippen LogP contribution in [0.4, 0.5) is 4.39 Å². The van der Waals surface area contributed by atoms with Gasteiger partial charge in [0.2, 0.25) is 15.6 Å². The summed E-state index contributed by atoms with van der Waals surface area (Å²) in [5, 5.41) is 2.77. The van der Waals surface area contributed by atoms with E-state index in [4.69, 9.17) is 4.74 Å². The molecule has 8 nitrogen and oxygen atoms in total. The first kappa shape index (κ1) is 21.4. The number of sulfone groups is 1. The van der Waals surface area contributed by atoms with Crippen LogP contribution in [0.15, 0.2) is 77.0 Å². The summed E-state index contributed by atoms with van der Waals surface area (Å²) >= 11 is 0. The average Bonchev–Trinajstić information content (AvgIpc) is 3.26. The number of carbonyl (C=O) groups is 1. The van der Waals surface area contributed by atoms with Gasteiger partial charge in [-0.1, -0.05) is 12.1 Å². The summed E-state index contributed by atoms with van der Waals surface area (Å²) in [7, 11) is -3.91. The van der Waals surface area contributed by atoms with Crippen LogP contribution < -0.4 is 10.1 Å². The topological polar surface area (TPSA) is 103 Å². The van der Waals surface area contributed by atoms with E-state index in [0.29, 0.717) is 16.9 Å². The number of halogens is 1. The zero-order valence-corrected chi connectivity index (χ0v) is 17.8. The number of rotatable bonds is 7. The fraction of sp³-hybridized carbons (Fsp3) is 0.136. The molecule has 0 atom stereocenters. The van der Waals surface area contributed by atoms with Crippen LogP contribution in [0.1, 0.15) is 22.8 Å². The van der Waals surface area contributed by atoms with Gasteiger partial charge in [-0.2, -0.15) is 0 Å². The summed E-state index contributed by atoms with van der Waals surface area (Å²) in [4.78, 5) is 20.5. The Labute approximate surface area is 183 Å². The van der Waals surface area contributed by atoms with Gasteiger partial charge in [-0.15, -0.1) is 0 Å². The van der Waals surface area contributed by atoms with Crippen LogP contribution in [0.2, 0.25) is 0 Å². The number of nitrogens with one attached hydrogen (secondary N) is 1. The molecule has 0 saturated heterocycles. The van der Waals surface area contributed by atoms with Gasteiger partial charge >= 0.3 is 0 Å². The Morgan fingerprint density at radius 3 is 2.69 bits per heavy atom. The summed E-state index contributed by atoms with van der Waals surface area (Å²) in [5.41, 5.74) is 1.08. The summed E-state index contributed by atoms with van der Waals surface area (Å²) in [5.74, 6) is -0.447. The Balaban J connectivity index is 1.48. The summed E-state index contributed by atoms with van der Waals surface area (Å²) in [6.07, 6.45) is 6.34. The number of carbonyl (C=O) groups excluding carboxylic acids is 1. The predicted molar refractivity (Wildman–Crippen MR) is 114 cm³/mol. The molecule has 1 N–H and O–H groups in total. The van der Waals surface area contributed by atoms with Crippen LogP contribution in [0, 0.1) is 5.82 Å². The van der Waals surface area contributed by atoms with Crippen molar-refractivity contribution in [2.75, 3.05) is 6.61 Å². The molecule has 0 aliphatic rings. The molecule has 0 saturated carbocycles. The highest BCUT2D eigenvalue weighted by Crippen LogP contribution is 2.30. The molecule has 2 aromatic heterocycles. The summed E-state index contributed by atoms with van der Waals surface area (Å²) in [6.45, 7) is 2.09. The Kier molecular flexibility index (Phi) is 5.87. The minimum absolute atomic E-state index is 0.0349. The van der Waals surface area contributed by atoms with Crippen LogP contribution in [-0.4, -0.2) is 35.3 Å². The first-order valence-electron chi connectivity index (χ1n) is 9.72. The number of imidazole rings is 1. The van der Waals surface area contributed by atoms with E-state index in [-0.39, 0.29) is 34.6 Å². The molecule has 0 unspecified atom stereocenters. The molecule has 0 fully saturated rings. The van der Waals surface area contributed by atoms with Crippen molar-refractivity contribution in [3.05, 3.63) is 84.2 Å². The molecule has 0 bridgehead atoms. The molecule has 32 heavy (non-hydrogen) atoms. The standard InChI is InChI=1S/C22H19FN4O4S/c1-2-31-19-11-17(23)5-8-20(19)32(29,30)18-6-3-15(4-7-18)12-25-21(28)16-13-26-22-24-9-10-27(22)14-16/h3-11,13-14H,2,12H2,1H3,(H,25,28). The van der Waals surface area contributed by atoms with Crippen LogP contribution in [0.3, 0.4) is 0 Å². The second-order valence-electron chi connectivity index (χ2n) is 6.83. The molecule has 164 valence electrons. The largest absolute Gasteiger partial charge is 0.492 e. The monoisotopic (exact) mass is 454 g/mol. The molecule has 1 amide bonds. The van der Waals surface area contributed by atoms with Gasteiger partial charge in [-0.3, -0.25) is 9.20 Å². The maximum absolute atomic E-state index is 13.5. The number of amides is 1. The fourth-order valence-electron chi connectivity index (χ4n) is 3.10. The minimum Gasteiger partial charge on any atom is -0.492 e. The van der Waals surface area contributed by atoms with Gasteiger partial charge in [0.1, 0.15) is 16.5 Å². The minimum atomic E-state index is -3.91. The van der Waals surface area contributed by atoms with E-state index in [0.717, 1.165) is 12.1 Å². The zero-order valence-electron chi connectivity index (χ0n) is 17.0. The summed E-state index contributed by atoms with van der Waals surface area (Å²) < 4.78 is 46.5. The predicted octanol–water partition coefficient (Wildman–Crippen LogP) is 3.03. The number of aromatic nitrogens is 3. The number of benzene rings is 2. The normalized spacial score (nSPS) is 11.4. The highest BCUT2D eigenvalue weighted by atomic mass is 32.2. The van der Waals surface area contributed by atoms with Crippen molar-refractivity contribution in [3.63, 3.8) is 0 Å². The Morgan fingerprint density at radius 1 is 1.16 bits per heavy atom. The molecular formula is C22H19FN4O4S. The van der Waals surface area contributed by atoms with Gasteiger partial charge < -0.3 is 10.1 Å². The molecular weight excluding hydrogens is 435 g/mol. The average molecular weight is 454 g/mol. The smallest absolute Gasteiger partial charge is 0.254 e. The molecule has 0 spiro atoms. The third kappa shape index (κ3) is 4.30. The van der Waals surface area contributed by atoms with Crippen molar-refractivity contribution in [2.45, 2.75) is 23.3 Å². The first-order chi connectivity index (χ1) is 15.4. The van der Waals surface area contributed by atoms with Crippen molar-refractivity contribution in [1.82, 2.24) is 19.7 Å². The fourth-order valence-corrected chi connectivity index (χ4v) is 4.48. The van der Waals surface area contributed by atoms with Crippen LogP contribution in [0.25, 0.3) is 5.78 Å². The lowest BCUT2D eigenvalue weighted by Gasteiger charge is -2.12. The lowest BCUT2D eigenvalue weighted by atomic mass is 10.2. The van der Waals surface area contributed by atoms with E-state index in [2.05, 4.69) is 15.3 Å². The second kappa shape index (κ2) is 8.75. The van der Waals surface area contributed by atoms with Crippen molar-refractivity contribution in [1.29, 1.82) is 0 Å². The van der Waals surface area contributed by atoms with Crippen molar-refractivity contribution >= 4 is 21.5 Å². The van der Waals surface area contributed by atoms with E-state index in [1.807, 2.05) is 0 Å². The lowest BCUT2D eigenvalue weighted by molar-refractivity contribution is 0.0950. The SMILES string of the molecule is CCOc1cc(F)ccc1S(=O)(=O)c1ccc(CNC(=O)c2cnc3nccn3c2)cc1. The van der Waals surface area contributed by atoms with Crippen molar-refractivity contribution < 1.29 is 22.3 Å². The van der Waals surface area contributed by atoms with Gasteiger partial charge in [-0.05, 0) is 36.8 Å². The molecule has 2 aromatic carbocycles. The zero-order chi connectivity index (χ0) is 22.7. The molecule has 10 heteroatoms. The van der Waals surface area contributed by atoms with Gasteiger partial charge in [0.15, 0.2) is 0 Å². The van der Waals surface area contributed by atoms with E-state index < -0.39 is 15.7 Å². The third-order valence-corrected chi connectivity index (χ3v) is 6.50. The van der Waals surface area contributed by atoms with E-state index in [1.54, 1.807) is 42.0 Å². The van der Waals surface area contributed by atoms with Crippen molar-refractivity contribution in [2.24, 2.45) is 0 Å². The van der Waals surface area contributed by atoms with Gasteiger partial charge in [0, 0.05) is 37.4 Å². The molecule has 0 aliphatic carbocycles. The number of hydrogen-bond donors (Lipinski definition) is 1. The Hall–Kier alpha value is -3.79. The quantitative estimate of drug-likeness (QED) is 0.431. The van der Waals surface area contributed by atoms with Gasteiger partial charge in [0.25, 0.3) is 5.91 Å². The lowest BCUT2D eigenvalue weighted by Crippen LogP contribution is -2.23. The number of hydrogen-bond acceptors (Lipinski definition) is 6.